The van der Waals surface area contributed by atoms with Crippen LogP contribution in [0.15, 0.2) is 41.1 Å². The molecule has 3 heterocycles. The molecule has 0 saturated carbocycles. The van der Waals surface area contributed by atoms with Crippen molar-refractivity contribution in [3.8, 4) is 11.4 Å². The summed E-state index contributed by atoms with van der Waals surface area (Å²) >= 11 is 3.51. The van der Waals surface area contributed by atoms with Crippen molar-refractivity contribution >= 4 is 37.9 Å². The number of fused-ring (bicyclic) bond motifs is 2. The molecule has 0 aliphatic rings. The smallest absolute Gasteiger partial charge is 0.163 e. The molecule has 0 atom stereocenters. The maximum atomic E-state index is 4.65. The highest BCUT2D eigenvalue weighted by atomic mass is 79.9. The zero-order valence-electron chi connectivity index (χ0n) is 10.7. The number of aryl methyl sites for hydroxylation is 1. The first-order chi connectivity index (χ1) is 9.74. The molecule has 20 heavy (non-hydrogen) atoms. The van der Waals surface area contributed by atoms with E-state index >= 15 is 0 Å². The van der Waals surface area contributed by atoms with Crippen molar-refractivity contribution < 1.29 is 0 Å². The van der Waals surface area contributed by atoms with Crippen LogP contribution in [0.3, 0.4) is 0 Å². The number of nitrogens with zero attached hydrogens (tertiary/aromatic N) is 2. The van der Waals surface area contributed by atoms with Gasteiger partial charge in [-0.25, -0.2) is 9.97 Å². The summed E-state index contributed by atoms with van der Waals surface area (Å²) in [5, 5.41) is 2.17. The predicted octanol–water partition coefficient (Wildman–Crippen LogP) is 4.18. The van der Waals surface area contributed by atoms with Gasteiger partial charge in [-0.2, -0.15) is 0 Å². The highest BCUT2D eigenvalue weighted by molar-refractivity contribution is 9.10. The number of aromatic nitrogens is 4. The van der Waals surface area contributed by atoms with Gasteiger partial charge in [-0.05, 0) is 28.9 Å². The van der Waals surface area contributed by atoms with E-state index in [-0.39, 0.29) is 0 Å². The maximum absolute atomic E-state index is 4.65. The highest BCUT2D eigenvalue weighted by Gasteiger charge is 2.13. The summed E-state index contributed by atoms with van der Waals surface area (Å²) in [6, 6.07) is 8.17. The van der Waals surface area contributed by atoms with Gasteiger partial charge in [-0.3, -0.25) is 0 Å². The molecule has 0 amide bonds. The Morgan fingerprint density at radius 2 is 1.90 bits per heavy atom. The lowest BCUT2D eigenvalue weighted by molar-refractivity contribution is 1.15. The summed E-state index contributed by atoms with van der Waals surface area (Å²) < 4.78 is 0.996. The molecular formula is C15H11BrN4. The van der Waals surface area contributed by atoms with Crippen molar-refractivity contribution in [2.45, 2.75) is 6.92 Å². The van der Waals surface area contributed by atoms with Gasteiger partial charge in [0.2, 0.25) is 0 Å². The van der Waals surface area contributed by atoms with Crippen LogP contribution in [-0.4, -0.2) is 19.9 Å². The molecule has 4 rings (SSSR count). The van der Waals surface area contributed by atoms with E-state index in [9.17, 15) is 0 Å². The van der Waals surface area contributed by atoms with Crippen molar-refractivity contribution in [3.63, 3.8) is 0 Å². The van der Waals surface area contributed by atoms with Gasteiger partial charge < -0.3 is 9.97 Å². The summed E-state index contributed by atoms with van der Waals surface area (Å²) in [7, 11) is 0. The Kier molecular flexibility index (Phi) is 2.44. The minimum atomic E-state index is 0.738. The number of hydrogen-bond donors (Lipinski definition) is 2. The van der Waals surface area contributed by atoms with E-state index in [1.807, 2.05) is 31.5 Å². The van der Waals surface area contributed by atoms with E-state index in [2.05, 4.69) is 48.0 Å². The molecule has 98 valence electrons. The van der Waals surface area contributed by atoms with E-state index in [0.717, 1.165) is 43.5 Å². The molecule has 0 radical (unpaired) electrons. The minimum Gasteiger partial charge on any atom is -0.360 e. The number of nitrogens with one attached hydrogen (secondary N) is 2. The number of rotatable bonds is 1. The largest absolute Gasteiger partial charge is 0.360 e. The summed E-state index contributed by atoms with van der Waals surface area (Å²) in [4.78, 5) is 15.7. The Labute approximate surface area is 123 Å². The Hall–Kier alpha value is -2.14. The lowest BCUT2D eigenvalue weighted by atomic mass is 10.1. The molecule has 0 fully saturated rings. The molecule has 4 aromatic rings. The van der Waals surface area contributed by atoms with Crippen molar-refractivity contribution in [3.05, 3.63) is 46.8 Å². The van der Waals surface area contributed by atoms with Gasteiger partial charge >= 0.3 is 0 Å². The number of benzene rings is 1. The van der Waals surface area contributed by atoms with E-state index in [1.54, 1.807) is 0 Å². The van der Waals surface area contributed by atoms with Crippen LogP contribution in [0.5, 0.6) is 0 Å². The quantitative estimate of drug-likeness (QED) is 0.551. The van der Waals surface area contributed by atoms with Crippen LogP contribution < -0.4 is 0 Å². The molecule has 1 aromatic carbocycles. The topological polar surface area (TPSA) is 57.4 Å². The van der Waals surface area contributed by atoms with Gasteiger partial charge in [-0.15, -0.1) is 0 Å². The fourth-order valence-electron chi connectivity index (χ4n) is 2.54. The average molecular weight is 327 g/mol. The standard InChI is InChI=1S/C15H11BrN4/c1-8-13-11(16)7-18-15(13)20-14(19-8)10-6-17-12-5-3-2-4-9(10)12/h2-7,17H,1H3,(H,18,19,20). The summed E-state index contributed by atoms with van der Waals surface area (Å²) in [6.07, 6.45) is 3.86. The van der Waals surface area contributed by atoms with Crippen molar-refractivity contribution in [1.29, 1.82) is 0 Å². The van der Waals surface area contributed by atoms with Gasteiger partial charge in [0.05, 0.1) is 11.1 Å². The maximum Gasteiger partial charge on any atom is 0.163 e. The average Bonchev–Trinajstić information content (AvgIpc) is 3.03. The van der Waals surface area contributed by atoms with Crippen molar-refractivity contribution in [2.75, 3.05) is 0 Å². The molecule has 5 heteroatoms. The van der Waals surface area contributed by atoms with Crippen LogP contribution >= 0.6 is 15.9 Å². The van der Waals surface area contributed by atoms with Crippen molar-refractivity contribution in [2.24, 2.45) is 0 Å². The van der Waals surface area contributed by atoms with E-state index in [0.29, 0.717) is 0 Å². The van der Waals surface area contributed by atoms with Crippen LogP contribution in [0.2, 0.25) is 0 Å². The number of para-hydroxylation sites is 1. The van der Waals surface area contributed by atoms with Gasteiger partial charge in [0.25, 0.3) is 0 Å². The molecule has 4 nitrogen and oxygen atoms in total. The van der Waals surface area contributed by atoms with Crippen LogP contribution in [0.4, 0.5) is 0 Å². The Balaban J connectivity index is 2.03. The fourth-order valence-corrected chi connectivity index (χ4v) is 3.13. The van der Waals surface area contributed by atoms with Crippen LogP contribution in [0.25, 0.3) is 33.3 Å². The number of aromatic amines is 2. The molecular weight excluding hydrogens is 316 g/mol. The molecule has 0 unspecified atom stereocenters. The van der Waals surface area contributed by atoms with Crippen molar-refractivity contribution in [1.82, 2.24) is 19.9 Å². The molecule has 0 spiro atoms. The third-order valence-electron chi connectivity index (χ3n) is 3.49. The highest BCUT2D eigenvalue weighted by Crippen LogP contribution is 2.30. The second-order valence-electron chi connectivity index (χ2n) is 4.74. The second kappa shape index (κ2) is 4.18. The molecule has 0 bridgehead atoms. The van der Waals surface area contributed by atoms with Gasteiger partial charge in [-0.1, -0.05) is 18.2 Å². The number of H-pyrrole nitrogens is 2. The van der Waals surface area contributed by atoms with Gasteiger partial charge in [0.1, 0.15) is 5.65 Å². The van der Waals surface area contributed by atoms with Crippen LogP contribution in [0, 0.1) is 6.92 Å². The van der Waals surface area contributed by atoms with E-state index < -0.39 is 0 Å². The summed E-state index contributed by atoms with van der Waals surface area (Å²) in [6.45, 7) is 2.00. The minimum absolute atomic E-state index is 0.738. The lowest BCUT2D eigenvalue weighted by Crippen LogP contribution is -1.92. The lowest BCUT2D eigenvalue weighted by Gasteiger charge is -2.02. The SMILES string of the molecule is Cc1nc(-c2c[nH]c3ccccc23)nc2[nH]cc(Br)c12. The Morgan fingerprint density at radius 3 is 2.80 bits per heavy atom. The molecule has 2 N–H and O–H groups in total. The van der Waals surface area contributed by atoms with Crippen LogP contribution in [-0.2, 0) is 0 Å². The first-order valence-electron chi connectivity index (χ1n) is 6.32. The van der Waals surface area contributed by atoms with Crippen LogP contribution in [0.1, 0.15) is 5.69 Å². The monoisotopic (exact) mass is 326 g/mol. The summed E-state index contributed by atoms with van der Waals surface area (Å²) in [5.74, 6) is 0.738. The zero-order chi connectivity index (χ0) is 13.7. The normalized spacial score (nSPS) is 11.5. The third-order valence-corrected chi connectivity index (χ3v) is 4.12. The summed E-state index contributed by atoms with van der Waals surface area (Å²) in [5.41, 5.74) is 3.93. The predicted molar refractivity (Wildman–Crippen MR) is 83.6 cm³/mol. The van der Waals surface area contributed by atoms with E-state index in [4.69, 9.17) is 0 Å². The third kappa shape index (κ3) is 1.59. The molecule has 0 aliphatic carbocycles. The first kappa shape index (κ1) is 11.7. The first-order valence-corrected chi connectivity index (χ1v) is 7.11. The Morgan fingerprint density at radius 1 is 1.05 bits per heavy atom. The van der Waals surface area contributed by atoms with Gasteiger partial charge in [0.15, 0.2) is 5.82 Å². The molecule has 3 aromatic heterocycles. The zero-order valence-corrected chi connectivity index (χ0v) is 12.3. The Bertz CT molecular complexity index is 936. The van der Waals surface area contributed by atoms with Gasteiger partial charge in [0, 0.05) is 33.3 Å². The van der Waals surface area contributed by atoms with E-state index in [1.165, 1.54) is 0 Å². The number of hydrogen-bond acceptors (Lipinski definition) is 2. The number of halogens is 1. The molecule has 0 aliphatic heterocycles. The second-order valence-corrected chi connectivity index (χ2v) is 5.60. The molecule has 0 saturated heterocycles. The fraction of sp³-hybridized carbons (Fsp3) is 0.0667.